The molecule has 3 rings (SSSR count). The maximum Gasteiger partial charge on any atom is 0.319 e. The van der Waals surface area contributed by atoms with Crippen LogP contribution in [0.4, 0.5) is 0 Å². The summed E-state index contributed by atoms with van der Waals surface area (Å²) in [5.74, 6) is 1.45. The highest BCUT2D eigenvalue weighted by Crippen LogP contribution is 2.34. The first-order valence-corrected chi connectivity index (χ1v) is 10.4. The van der Waals surface area contributed by atoms with Gasteiger partial charge in [0.1, 0.15) is 22.0 Å². The minimum atomic E-state index is -0.894. The van der Waals surface area contributed by atoms with E-state index in [0.717, 1.165) is 27.3 Å². The molecule has 0 aliphatic carbocycles. The number of hydrogen-bond donors (Lipinski definition) is 1. The second kappa shape index (κ2) is 9.12. The number of ether oxygens (including phenoxy) is 2. The van der Waals surface area contributed by atoms with Crippen molar-refractivity contribution in [3.05, 3.63) is 65.7 Å². The Hall–Kier alpha value is -2.51. The van der Waals surface area contributed by atoms with Gasteiger partial charge >= 0.3 is 5.97 Å². The molecule has 5 nitrogen and oxygen atoms in total. The van der Waals surface area contributed by atoms with Crippen LogP contribution < -0.4 is 9.47 Å². The zero-order valence-corrected chi connectivity index (χ0v) is 17.3. The van der Waals surface area contributed by atoms with Gasteiger partial charge in [-0.3, -0.25) is 4.79 Å². The summed E-state index contributed by atoms with van der Waals surface area (Å²) in [6.45, 7) is 3.85. The quantitative estimate of drug-likeness (QED) is 0.465. The number of thioether (sulfide) groups is 1. The van der Waals surface area contributed by atoms with E-state index >= 15 is 0 Å². The van der Waals surface area contributed by atoms with E-state index in [4.69, 9.17) is 9.47 Å². The molecule has 0 unspecified atom stereocenters. The zero-order chi connectivity index (χ0) is 20.0. The van der Waals surface area contributed by atoms with Gasteiger partial charge in [0.05, 0.1) is 12.3 Å². The molecule has 0 radical (unpaired) electrons. The molecule has 0 aliphatic rings. The Labute approximate surface area is 172 Å². The Kier molecular flexibility index (Phi) is 6.59. The minimum Gasteiger partial charge on any atom is -0.493 e. The topological polar surface area (TPSA) is 68.7 Å². The van der Waals surface area contributed by atoms with E-state index in [1.165, 1.54) is 23.1 Å². The third-order valence-electron chi connectivity index (χ3n) is 3.82. The summed E-state index contributed by atoms with van der Waals surface area (Å²) < 4.78 is 11.4. The number of hydrogen-bond acceptors (Lipinski definition) is 6. The summed E-state index contributed by atoms with van der Waals surface area (Å²) in [5, 5.41) is 11.2. The van der Waals surface area contributed by atoms with Crippen molar-refractivity contribution in [2.75, 3.05) is 6.61 Å². The van der Waals surface area contributed by atoms with Crippen molar-refractivity contribution in [1.29, 1.82) is 0 Å². The van der Waals surface area contributed by atoms with Crippen LogP contribution in [0.3, 0.4) is 0 Å². The Bertz CT molecular complexity index is 908. The second-order valence-corrected chi connectivity index (χ2v) is 9.24. The van der Waals surface area contributed by atoms with Crippen LogP contribution in [-0.2, 0) is 11.2 Å². The van der Waals surface area contributed by atoms with Crippen LogP contribution in [-0.4, -0.2) is 27.4 Å². The van der Waals surface area contributed by atoms with Crippen molar-refractivity contribution in [2.24, 2.45) is 0 Å². The summed E-state index contributed by atoms with van der Waals surface area (Å²) in [6.07, 6.45) is 0.660. The molecule has 0 amide bonds. The predicted molar refractivity (Wildman–Crippen MR) is 112 cm³/mol. The normalized spacial score (nSPS) is 11.2. The number of para-hydroxylation sites is 1. The first-order valence-electron chi connectivity index (χ1n) is 8.75. The van der Waals surface area contributed by atoms with Gasteiger partial charge in [-0.05, 0) is 50.2 Å². The minimum absolute atomic E-state index is 0.495. The lowest BCUT2D eigenvalue weighted by atomic mass is 10.2. The van der Waals surface area contributed by atoms with Crippen LogP contribution >= 0.6 is 23.1 Å². The molecule has 0 fully saturated rings. The Morgan fingerprint density at radius 1 is 1.07 bits per heavy atom. The van der Waals surface area contributed by atoms with Crippen LogP contribution in [0.2, 0.25) is 0 Å². The fourth-order valence-electron chi connectivity index (χ4n) is 2.21. The van der Waals surface area contributed by atoms with E-state index in [1.54, 1.807) is 13.8 Å². The van der Waals surface area contributed by atoms with Crippen molar-refractivity contribution in [3.63, 3.8) is 0 Å². The molecule has 28 heavy (non-hydrogen) atoms. The highest BCUT2D eigenvalue weighted by atomic mass is 32.2. The fraction of sp³-hybridized carbons (Fsp3) is 0.238. The molecule has 0 saturated carbocycles. The standard InChI is InChI=1S/C21H21NO4S2/c1-21(2,19(23)24)28-20-22-15(14-27-20)12-13-25-16-8-10-18(11-9-16)26-17-6-4-3-5-7-17/h3-11,14H,12-13H2,1-2H3,(H,23,24). The Morgan fingerprint density at radius 3 is 2.39 bits per heavy atom. The third kappa shape index (κ3) is 5.74. The number of aromatic nitrogens is 1. The largest absolute Gasteiger partial charge is 0.493 e. The maximum atomic E-state index is 11.2. The predicted octanol–water partition coefficient (Wildman–Crippen LogP) is 5.51. The second-order valence-electron chi connectivity index (χ2n) is 6.51. The maximum absolute atomic E-state index is 11.2. The van der Waals surface area contributed by atoms with E-state index < -0.39 is 10.7 Å². The fourth-order valence-corrected chi connectivity index (χ4v) is 4.44. The summed E-state index contributed by atoms with van der Waals surface area (Å²) in [6, 6.07) is 17.1. The van der Waals surface area contributed by atoms with Gasteiger partial charge < -0.3 is 14.6 Å². The molecule has 0 bridgehead atoms. The smallest absolute Gasteiger partial charge is 0.319 e. The molecule has 7 heteroatoms. The van der Waals surface area contributed by atoms with E-state index in [0.29, 0.717) is 13.0 Å². The lowest BCUT2D eigenvalue weighted by Gasteiger charge is -2.15. The van der Waals surface area contributed by atoms with Crippen molar-refractivity contribution in [2.45, 2.75) is 29.4 Å². The van der Waals surface area contributed by atoms with E-state index in [2.05, 4.69) is 4.98 Å². The SMILES string of the molecule is CC(C)(Sc1nc(CCOc2ccc(Oc3ccccc3)cc2)cs1)C(=O)O. The summed E-state index contributed by atoms with van der Waals surface area (Å²) in [4.78, 5) is 15.7. The lowest BCUT2D eigenvalue weighted by molar-refractivity contribution is -0.138. The molecule has 0 saturated heterocycles. The number of carboxylic acid groups (broad SMARTS) is 1. The van der Waals surface area contributed by atoms with Crippen molar-refractivity contribution < 1.29 is 19.4 Å². The van der Waals surface area contributed by atoms with Gasteiger partial charge in [-0.25, -0.2) is 4.98 Å². The molecule has 0 spiro atoms. The van der Waals surface area contributed by atoms with Crippen LogP contribution in [0.5, 0.6) is 17.2 Å². The van der Waals surface area contributed by atoms with Crippen LogP contribution in [0.15, 0.2) is 64.3 Å². The molecule has 0 aliphatic heterocycles. The zero-order valence-electron chi connectivity index (χ0n) is 15.6. The Morgan fingerprint density at radius 2 is 1.71 bits per heavy atom. The van der Waals surface area contributed by atoms with Gasteiger partial charge in [-0.15, -0.1) is 11.3 Å². The molecular weight excluding hydrogens is 394 g/mol. The average Bonchev–Trinajstić information content (AvgIpc) is 3.10. The molecule has 3 aromatic rings. The van der Waals surface area contributed by atoms with Crippen LogP contribution in [0.25, 0.3) is 0 Å². The van der Waals surface area contributed by atoms with Crippen LogP contribution in [0, 0.1) is 0 Å². The monoisotopic (exact) mass is 415 g/mol. The van der Waals surface area contributed by atoms with E-state index in [-0.39, 0.29) is 0 Å². The number of benzene rings is 2. The van der Waals surface area contributed by atoms with Crippen molar-refractivity contribution >= 4 is 29.1 Å². The number of rotatable bonds is 9. The number of thiazole rings is 1. The molecule has 1 aromatic heterocycles. The number of aliphatic carboxylic acids is 1. The summed E-state index contributed by atoms with van der Waals surface area (Å²) in [7, 11) is 0. The van der Waals surface area contributed by atoms with Gasteiger partial charge in [-0.2, -0.15) is 0 Å². The van der Waals surface area contributed by atoms with E-state index in [9.17, 15) is 9.90 Å². The van der Waals surface area contributed by atoms with Gasteiger partial charge in [-0.1, -0.05) is 30.0 Å². The highest BCUT2D eigenvalue weighted by Gasteiger charge is 2.29. The first-order chi connectivity index (χ1) is 13.4. The Balaban J connectivity index is 1.47. The molecule has 1 heterocycles. The van der Waals surface area contributed by atoms with E-state index in [1.807, 2.05) is 60.0 Å². The number of nitrogens with zero attached hydrogens (tertiary/aromatic N) is 1. The van der Waals surface area contributed by atoms with Gasteiger partial charge in [0, 0.05) is 11.8 Å². The van der Waals surface area contributed by atoms with Gasteiger partial charge in [0.15, 0.2) is 4.34 Å². The lowest BCUT2D eigenvalue weighted by Crippen LogP contribution is -2.26. The van der Waals surface area contributed by atoms with Gasteiger partial charge in [0.25, 0.3) is 0 Å². The van der Waals surface area contributed by atoms with Crippen molar-refractivity contribution in [3.8, 4) is 17.2 Å². The van der Waals surface area contributed by atoms with Crippen molar-refractivity contribution in [1.82, 2.24) is 4.98 Å². The molecule has 2 aromatic carbocycles. The van der Waals surface area contributed by atoms with Crippen LogP contribution in [0.1, 0.15) is 19.5 Å². The summed E-state index contributed by atoms with van der Waals surface area (Å²) in [5.41, 5.74) is 0.901. The number of carbonyl (C=O) groups is 1. The molecule has 146 valence electrons. The average molecular weight is 416 g/mol. The third-order valence-corrected chi connectivity index (χ3v) is 5.99. The first kappa shape index (κ1) is 20.2. The van der Waals surface area contributed by atoms with Gasteiger partial charge in [0.2, 0.25) is 0 Å². The number of carboxylic acids is 1. The summed E-state index contributed by atoms with van der Waals surface area (Å²) >= 11 is 2.72. The molecule has 0 atom stereocenters. The molecular formula is C21H21NO4S2. The molecule has 1 N–H and O–H groups in total. The highest BCUT2D eigenvalue weighted by molar-refractivity contribution is 8.02.